The quantitative estimate of drug-likeness (QED) is 0.439. The minimum absolute atomic E-state index is 0.146. The van der Waals surface area contributed by atoms with Gasteiger partial charge in [0, 0.05) is 31.4 Å². The lowest BCUT2D eigenvalue weighted by Crippen LogP contribution is -2.42. The van der Waals surface area contributed by atoms with Gasteiger partial charge in [0.1, 0.15) is 17.8 Å². The molecule has 0 spiro atoms. The monoisotopic (exact) mass is 459 g/mol. The highest BCUT2D eigenvalue weighted by atomic mass is 16.3. The van der Waals surface area contributed by atoms with Crippen molar-refractivity contribution in [1.82, 2.24) is 20.3 Å². The first-order chi connectivity index (χ1) is 16.1. The number of aliphatic hydroxyl groups excluding tert-OH is 2. The third-order valence-electron chi connectivity index (χ3n) is 7.22. The Balaban J connectivity index is 0.000000218. The van der Waals surface area contributed by atoms with Crippen molar-refractivity contribution in [2.75, 3.05) is 18.0 Å². The molecule has 7 heteroatoms. The smallest absolute Gasteiger partial charge is 0.142 e. The molecule has 2 aliphatic carbocycles. The highest BCUT2D eigenvalue weighted by molar-refractivity contribution is 5.87. The van der Waals surface area contributed by atoms with Crippen LogP contribution in [0.4, 0.5) is 5.82 Å². The largest absolute Gasteiger partial charge is 0.392 e. The van der Waals surface area contributed by atoms with E-state index in [2.05, 4.69) is 25.2 Å². The van der Waals surface area contributed by atoms with Crippen LogP contribution in [0.15, 0.2) is 18.6 Å². The van der Waals surface area contributed by atoms with Gasteiger partial charge in [0.25, 0.3) is 0 Å². The summed E-state index contributed by atoms with van der Waals surface area (Å²) in [6.07, 6.45) is 17.6. The molecule has 2 saturated carbocycles. The van der Waals surface area contributed by atoms with Crippen LogP contribution in [0.3, 0.4) is 0 Å². The van der Waals surface area contributed by atoms with Crippen LogP contribution >= 0.6 is 0 Å². The summed E-state index contributed by atoms with van der Waals surface area (Å²) in [5, 5.41) is 23.9. The molecule has 0 aromatic carbocycles. The molecule has 4 rings (SSSR count). The van der Waals surface area contributed by atoms with Gasteiger partial charge in [-0.2, -0.15) is 0 Å². The molecule has 2 atom stereocenters. The standard InChI is InChI=1S/C16H24N4O.C10H21NO/c1-2-13(21)10-20(12-6-4-3-5-7-12)16-14-8-9-17-15(14)18-11-19-16;1-2-10(12)8-11-9-6-4-3-5-7-9/h8-9,11-13,21H,2-7,10H2,1H3,(H,17,18,19);9-12H,2-8H2,1H3. The molecule has 33 heavy (non-hydrogen) atoms. The molecule has 0 aliphatic heterocycles. The molecule has 2 fully saturated rings. The normalized spacial score (nSPS) is 19.6. The first-order valence-electron chi connectivity index (χ1n) is 13.3. The number of anilines is 1. The van der Waals surface area contributed by atoms with E-state index < -0.39 is 0 Å². The Bertz CT molecular complexity index is 786. The summed E-state index contributed by atoms with van der Waals surface area (Å²) >= 11 is 0. The molecule has 0 saturated heterocycles. The lowest BCUT2D eigenvalue weighted by Gasteiger charge is -2.36. The Labute approximate surface area is 199 Å². The van der Waals surface area contributed by atoms with Gasteiger partial charge in [-0.25, -0.2) is 9.97 Å². The second-order valence-electron chi connectivity index (χ2n) is 9.75. The van der Waals surface area contributed by atoms with Crippen LogP contribution in [0.5, 0.6) is 0 Å². The summed E-state index contributed by atoms with van der Waals surface area (Å²) in [4.78, 5) is 14.3. The molecular weight excluding hydrogens is 414 g/mol. The van der Waals surface area contributed by atoms with Gasteiger partial charge in [0.15, 0.2) is 0 Å². The molecule has 2 aliphatic rings. The van der Waals surface area contributed by atoms with Gasteiger partial charge in [-0.3, -0.25) is 0 Å². The summed E-state index contributed by atoms with van der Waals surface area (Å²) in [5.41, 5.74) is 0.867. The van der Waals surface area contributed by atoms with Crippen molar-refractivity contribution >= 4 is 16.9 Å². The van der Waals surface area contributed by atoms with Crippen molar-refractivity contribution in [3.05, 3.63) is 18.6 Å². The van der Waals surface area contributed by atoms with Crippen LogP contribution in [0, 0.1) is 0 Å². The van der Waals surface area contributed by atoms with Gasteiger partial charge in [-0.05, 0) is 44.6 Å². The average molecular weight is 460 g/mol. The van der Waals surface area contributed by atoms with E-state index in [4.69, 9.17) is 0 Å². The third kappa shape index (κ3) is 7.94. The van der Waals surface area contributed by atoms with Crippen molar-refractivity contribution < 1.29 is 10.2 Å². The van der Waals surface area contributed by atoms with E-state index >= 15 is 0 Å². The number of fused-ring (bicyclic) bond motifs is 1. The van der Waals surface area contributed by atoms with Crippen LogP contribution in [-0.4, -0.2) is 62.5 Å². The number of H-pyrrole nitrogens is 1. The fourth-order valence-corrected chi connectivity index (χ4v) is 5.00. The van der Waals surface area contributed by atoms with Gasteiger partial charge < -0.3 is 25.4 Å². The van der Waals surface area contributed by atoms with Gasteiger partial charge in [0.2, 0.25) is 0 Å². The minimum Gasteiger partial charge on any atom is -0.392 e. The van der Waals surface area contributed by atoms with Crippen molar-refractivity contribution in [2.24, 2.45) is 0 Å². The van der Waals surface area contributed by atoms with Gasteiger partial charge in [-0.1, -0.05) is 52.4 Å². The fraction of sp³-hybridized carbons (Fsp3) is 0.769. The van der Waals surface area contributed by atoms with E-state index in [0.717, 1.165) is 36.2 Å². The Morgan fingerprint density at radius 2 is 1.64 bits per heavy atom. The Morgan fingerprint density at radius 3 is 2.30 bits per heavy atom. The number of aromatic nitrogens is 3. The Morgan fingerprint density at radius 1 is 0.970 bits per heavy atom. The zero-order valence-corrected chi connectivity index (χ0v) is 20.7. The summed E-state index contributed by atoms with van der Waals surface area (Å²) in [6, 6.07) is 3.19. The zero-order chi connectivity index (χ0) is 23.5. The van der Waals surface area contributed by atoms with Gasteiger partial charge in [-0.15, -0.1) is 0 Å². The maximum atomic E-state index is 10.2. The zero-order valence-electron chi connectivity index (χ0n) is 20.7. The maximum absolute atomic E-state index is 10.2. The number of hydrogen-bond donors (Lipinski definition) is 4. The lowest BCUT2D eigenvalue weighted by molar-refractivity contribution is 0.159. The maximum Gasteiger partial charge on any atom is 0.142 e. The molecular formula is C26H45N5O2. The minimum atomic E-state index is -0.309. The first kappa shape index (κ1) is 25.9. The van der Waals surface area contributed by atoms with Crippen LogP contribution in [0.25, 0.3) is 11.0 Å². The number of rotatable bonds is 9. The third-order valence-corrected chi connectivity index (χ3v) is 7.22. The molecule has 2 aromatic heterocycles. The summed E-state index contributed by atoms with van der Waals surface area (Å²) in [5.74, 6) is 0.959. The van der Waals surface area contributed by atoms with Crippen molar-refractivity contribution in [2.45, 2.75) is 115 Å². The predicted octanol–water partition coefficient (Wildman–Crippen LogP) is 4.55. The number of aromatic amines is 1. The Kier molecular flexibility index (Phi) is 10.9. The average Bonchev–Trinajstić information content (AvgIpc) is 3.36. The van der Waals surface area contributed by atoms with Gasteiger partial charge in [0.05, 0.1) is 17.6 Å². The highest BCUT2D eigenvalue weighted by Gasteiger charge is 2.25. The summed E-state index contributed by atoms with van der Waals surface area (Å²) < 4.78 is 0. The molecule has 7 nitrogen and oxygen atoms in total. The van der Waals surface area contributed by atoms with E-state index in [1.807, 2.05) is 26.1 Å². The van der Waals surface area contributed by atoms with Crippen molar-refractivity contribution in [1.29, 1.82) is 0 Å². The lowest BCUT2D eigenvalue weighted by atomic mass is 9.93. The first-order valence-corrected chi connectivity index (χ1v) is 13.3. The van der Waals surface area contributed by atoms with Crippen LogP contribution < -0.4 is 10.2 Å². The van der Waals surface area contributed by atoms with Gasteiger partial charge >= 0.3 is 0 Å². The van der Waals surface area contributed by atoms with E-state index in [0.29, 0.717) is 18.6 Å². The molecule has 0 radical (unpaired) electrons. The number of aliphatic hydroxyl groups is 2. The van der Waals surface area contributed by atoms with Crippen molar-refractivity contribution in [3.8, 4) is 0 Å². The Hall–Kier alpha value is -1.70. The molecule has 4 N–H and O–H groups in total. The number of hydrogen-bond acceptors (Lipinski definition) is 6. The fourth-order valence-electron chi connectivity index (χ4n) is 5.00. The number of nitrogens with one attached hydrogen (secondary N) is 2. The van der Waals surface area contributed by atoms with Crippen LogP contribution in [-0.2, 0) is 0 Å². The van der Waals surface area contributed by atoms with E-state index in [1.165, 1.54) is 64.2 Å². The summed E-state index contributed by atoms with van der Waals surface area (Å²) in [7, 11) is 0. The molecule has 0 bridgehead atoms. The highest BCUT2D eigenvalue weighted by Crippen LogP contribution is 2.30. The second kappa shape index (κ2) is 13.9. The predicted molar refractivity (Wildman–Crippen MR) is 136 cm³/mol. The molecule has 2 unspecified atom stereocenters. The van der Waals surface area contributed by atoms with E-state index in [-0.39, 0.29) is 12.2 Å². The van der Waals surface area contributed by atoms with Crippen LogP contribution in [0.1, 0.15) is 90.9 Å². The van der Waals surface area contributed by atoms with Crippen LogP contribution in [0.2, 0.25) is 0 Å². The topological polar surface area (TPSA) is 97.3 Å². The van der Waals surface area contributed by atoms with E-state index in [1.54, 1.807) is 6.33 Å². The van der Waals surface area contributed by atoms with E-state index in [9.17, 15) is 10.2 Å². The molecule has 186 valence electrons. The molecule has 0 amide bonds. The summed E-state index contributed by atoms with van der Waals surface area (Å²) in [6.45, 7) is 5.47. The number of nitrogens with zero attached hydrogens (tertiary/aromatic N) is 3. The van der Waals surface area contributed by atoms with Crippen molar-refractivity contribution in [3.63, 3.8) is 0 Å². The SMILES string of the molecule is CCC(O)CN(c1ncnc2[nH]ccc12)C1CCCCC1.CCC(O)CNC1CCCCC1. The molecule has 2 aromatic rings. The molecule has 2 heterocycles. The second-order valence-corrected chi connectivity index (χ2v) is 9.75.